The standard InChI is InChI=1S/C16H17N5O2S/c1-2-23-14(22)13-6-4-8-20(13)16-19-21-10-12(18-15(21)24-16)11-5-3-7-17-9-11/h3,5,7,9-10,13H,2,4,6,8H2,1H3/t13-/m1/s1. The summed E-state index contributed by atoms with van der Waals surface area (Å²) < 4.78 is 6.94. The van der Waals surface area contributed by atoms with Crippen LogP contribution in [-0.2, 0) is 9.53 Å². The van der Waals surface area contributed by atoms with Crippen molar-refractivity contribution in [3.63, 3.8) is 0 Å². The van der Waals surface area contributed by atoms with Gasteiger partial charge in [-0.2, -0.15) is 0 Å². The number of nitrogens with zero attached hydrogens (tertiary/aromatic N) is 5. The Balaban J connectivity index is 1.62. The summed E-state index contributed by atoms with van der Waals surface area (Å²) >= 11 is 1.49. The maximum absolute atomic E-state index is 12.1. The van der Waals surface area contributed by atoms with E-state index in [9.17, 15) is 4.79 Å². The van der Waals surface area contributed by atoms with Crippen molar-refractivity contribution < 1.29 is 9.53 Å². The van der Waals surface area contributed by atoms with Crippen LogP contribution in [0.15, 0.2) is 30.7 Å². The largest absolute Gasteiger partial charge is 0.464 e. The van der Waals surface area contributed by atoms with E-state index in [1.165, 1.54) is 11.3 Å². The van der Waals surface area contributed by atoms with Crippen molar-refractivity contribution in [1.82, 2.24) is 19.6 Å². The van der Waals surface area contributed by atoms with Gasteiger partial charge in [0, 0.05) is 24.5 Å². The van der Waals surface area contributed by atoms with E-state index >= 15 is 0 Å². The molecule has 0 N–H and O–H groups in total. The molecule has 0 bridgehead atoms. The van der Waals surface area contributed by atoms with Gasteiger partial charge in [0.1, 0.15) is 6.04 Å². The molecule has 24 heavy (non-hydrogen) atoms. The number of pyridine rings is 1. The van der Waals surface area contributed by atoms with Crippen molar-refractivity contribution in [2.24, 2.45) is 0 Å². The Bertz CT molecular complexity index is 828. The number of hydrogen-bond acceptors (Lipinski definition) is 7. The van der Waals surface area contributed by atoms with E-state index in [1.807, 2.05) is 30.2 Å². The predicted molar refractivity (Wildman–Crippen MR) is 91.1 cm³/mol. The number of aromatic nitrogens is 4. The maximum Gasteiger partial charge on any atom is 0.328 e. The Hall–Kier alpha value is -2.48. The molecule has 4 rings (SSSR count). The molecule has 1 aliphatic heterocycles. The summed E-state index contributed by atoms with van der Waals surface area (Å²) in [4.78, 5) is 23.7. The van der Waals surface area contributed by atoms with E-state index in [0.717, 1.165) is 40.7 Å². The first-order valence-corrected chi connectivity index (χ1v) is 8.78. The topological polar surface area (TPSA) is 72.6 Å². The fourth-order valence-corrected chi connectivity index (χ4v) is 3.90. The first-order chi connectivity index (χ1) is 11.8. The van der Waals surface area contributed by atoms with Crippen LogP contribution in [0.25, 0.3) is 16.2 Å². The molecule has 1 fully saturated rings. The molecular weight excluding hydrogens is 326 g/mol. The summed E-state index contributed by atoms with van der Waals surface area (Å²) in [6.07, 6.45) is 7.18. The van der Waals surface area contributed by atoms with Crippen LogP contribution in [-0.4, -0.2) is 44.7 Å². The summed E-state index contributed by atoms with van der Waals surface area (Å²) in [7, 11) is 0. The first-order valence-electron chi connectivity index (χ1n) is 7.96. The third-order valence-corrected chi connectivity index (χ3v) is 5.01. The van der Waals surface area contributed by atoms with Gasteiger partial charge < -0.3 is 9.64 Å². The van der Waals surface area contributed by atoms with Crippen LogP contribution in [0.5, 0.6) is 0 Å². The minimum absolute atomic E-state index is 0.168. The summed E-state index contributed by atoms with van der Waals surface area (Å²) in [5.41, 5.74) is 1.80. The minimum atomic E-state index is -0.237. The lowest BCUT2D eigenvalue weighted by molar-refractivity contribution is -0.144. The second-order valence-electron chi connectivity index (χ2n) is 5.58. The van der Waals surface area contributed by atoms with Gasteiger partial charge >= 0.3 is 5.97 Å². The maximum atomic E-state index is 12.1. The van der Waals surface area contributed by atoms with Gasteiger partial charge in [-0.3, -0.25) is 4.98 Å². The molecule has 0 spiro atoms. The molecule has 0 unspecified atom stereocenters. The molecule has 0 radical (unpaired) electrons. The van der Waals surface area contributed by atoms with Crippen molar-refractivity contribution in [2.45, 2.75) is 25.8 Å². The fourth-order valence-electron chi connectivity index (χ4n) is 2.94. The Morgan fingerprint density at radius 2 is 2.42 bits per heavy atom. The predicted octanol–water partition coefficient (Wildman–Crippen LogP) is 2.38. The van der Waals surface area contributed by atoms with Crippen LogP contribution in [0.3, 0.4) is 0 Å². The molecule has 1 saturated heterocycles. The Morgan fingerprint density at radius 1 is 1.50 bits per heavy atom. The monoisotopic (exact) mass is 343 g/mol. The van der Waals surface area contributed by atoms with Gasteiger partial charge in [0.25, 0.3) is 0 Å². The summed E-state index contributed by atoms with van der Waals surface area (Å²) in [6.45, 7) is 3.04. The Labute approximate surface area is 142 Å². The zero-order chi connectivity index (χ0) is 16.5. The Kier molecular flexibility index (Phi) is 3.89. The smallest absolute Gasteiger partial charge is 0.328 e. The number of carbonyl (C=O) groups is 1. The number of carbonyl (C=O) groups excluding carboxylic acids is 1. The number of imidazole rings is 1. The van der Waals surface area contributed by atoms with Crippen LogP contribution in [0, 0.1) is 0 Å². The van der Waals surface area contributed by atoms with Gasteiger partial charge in [-0.15, -0.1) is 5.10 Å². The molecule has 3 aromatic heterocycles. The molecule has 1 atom stereocenters. The van der Waals surface area contributed by atoms with Crippen molar-refractivity contribution in [1.29, 1.82) is 0 Å². The average Bonchev–Trinajstić information content (AvgIpc) is 3.29. The lowest BCUT2D eigenvalue weighted by atomic mass is 10.2. The van der Waals surface area contributed by atoms with Crippen molar-refractivity contribution in [3.05, 3.63) is 30.7 Å². The third-order valence-electron chi connectivity index (χ3n) is 4.05. The van der Waals surface area contributed by atoms with Gasteiger partial charge in [0.2, 0.25) is 10.1 Å². The molecule has 8 heteroatoms. The highest BCUT2D eigenvalue weighted by Gasteiger charge is 2.34. The number of anilines is 1. The zero-order valence-electron chi connectivity index (χ0n) is 13.3. The van der Waals surface area contributed by atoms with E-state index in [4.69, 9.17) is 4.74 Å². The van der Waals surface area contributed by atoms with E-state index in [1.54, 1.807) is 16.9 Å². The average molecular weight is 343 g/mol. The molecule has 0 aliphatic carbocycles. The normalized spacial score (nSPS) is 17.5. The molecule has 3 aromatic rings. The number of esters is 1. The quantitative estimate of drug-likeness (QED) is 0.677. The first kappa shape index (κ1) is 15.1. The molecule has 1 aliphatic rings. The molecule has 0 amide bonds. The molecule has 0 aromatic carbocycles. The highest BCUT2D eigenvalue weighted by atomic mass is 32.1. The Morgan fingerprint density at radius 3 is 3.17 bits per heavy atom. The van der Waals surface area contributed by atoms with Crippen molar-refractivity contribution >= 4 is 27.4 Å². The fraction of sp³-hybridized carbons (Fsp3) is 0.375. The van der Waals surface area contributed by atoms with Gasteiger partial charge in [-0.25, -0.2) is 14.3 Å². The third kappa shape index (κ3) is 2.62. The van der Waals surface area contributed by atoms with E-state index < -0.39 is 0 Å². The van der Waals surface area contributed by atoms with Crippen LogP contribution in [0.2, 0.25) is 0 Å². The van der Waals surface area contributed by atoms with Crippen LogP contribution >= 0.6 is 11.3 Å². The van der Waals surface area contributed by atoms with E-state index in [0.29, 0.717) is 6.61 Å². The summed E-state index contributed by atoms with van der Waals surface area (Å²) in [6, 6.07) is 3.62. The SMILES string of the molecule is CCOC(=O)[C@H]1CCCN1c1nn2cc(-c3cccnc3)nc2s1. The van der Waals surface area contributed by atoms with Crippen molar-refractivity contribution in [3.8, 4) is 11.3 Å². The highest BCUT2D eigenvalue weighted by Crippen LogP contribution is 2.31. The van der Waals surface area contributed by atoms with Gasteiger partial charge in [-0.05, 0) is 31.9 Å². The number of rotatable bonds is 4. The van der Waals surface area contributed by atoms with Crippen molar-refractivity contribution in [2.75, 3.05) is 18.1 Å². The van der Waals surface area contributed by atoms with E-state index in [2.05, 4.69) is 15.1 Å². The zero-order valence-corrected chi connectivity index (χ0v) is 14.1. The summed E-state index contributed by atoms with van der Waals surface area (Å²) in [5, 5.41) is 5.41. The lowest BCUT2D eigenvalue weighted by Crippen LogP contribution is -2.37. The minimum Gasteiger partial charge on any atom is -0.464 e. The van der Waals surface area contributed by atoms with Gasteiger partial charge in [0.05, 0.1) is 18.5 Å². The number of fused-ring (bicyclic) bond motifs is 1. The number of hydrogen-bond donors (Lipinski definition) is 0. The van der Waals surface area contributed by atoms with Crippen LogP contribution < -0.4 is 4.90 Å². The second-order valence-corrected chi connectivity index (χ2v) is 6.52. The van der Waals surface area contributed by atoms with Gasteiger partial charge in [-0.1, -0.05) is 11.3 Å². The molecular formula is C16H17N5O2S. The molecule has 7 nitrogen and oxygen atoms in total. The molecule has 124 valence electrons. The highest BCUT2D eigenvalue weighted by molar-refractivity contribution is 7.20. The van der Waals surface area contributed by atoms with Crippen LogP contribution in [0.1, 0.15) is 19.8 Å². The molecule has 4 heterocycles. The van der Waals surface area contributed by atoms with Gasteiger partial charge in [0.15, 0.2) is 0 Å². The number of ether oxygens (including phenoxy) is 1. The van der Waals surface area contributed by atoms with E-state index in [-0.39, 0.29) is 12.0 Å². The lowest BCUT2D eigenvalue weighted by Gasteiger charge is -2.21. The molecule has 0 saturated carbocycles. The second kappa shape index (κ2) is 6.20. The van der Waals surface area contributed by atoms with Crippen LogP contribution in [0.4, 0.5) is 5.13 Å². The summed E-state index contributed by atoms with van der Waals surface area (Å²) in [5.74, 6) is -0.168.